The molecule has 0 rings (SSSR count). The van der Waals surface area contributed by atoms with Gasteiger partial charge in [-0.1, -0.05) is 0 Å². The van der Waals surface area contributed by atoms with Crippen molar-refractivity contribution in [1.29, 1.82) is 0 Å². The van der Waals surface area contributed by atoms with Crippen LogP contribution in [0.15, 0.2) is 0 Å². The van der Waals surface area contributed by atoms with Crippen LogP contribution in [0.4, 0.5) is 4.79 Å². The minimum absolute atomic E-state index is 0.156. The Morgan fingerprint density at radius 2 is 1.57 bits per heavy atom. The number of amides is 2. The summed E-state index contributed by atoms with van der Waals surface area (Å²) in [4.78, 5) is 23.8. The maximum absolute atomic E-state index is 12.0. The molecule has 0 aliphatic carbocycles. The molecule has 21 heavy (non-hydrogen) atoms. The van der Waals surface area contributed by atoms with Crippen molar-refractivity contribution in [3.63, 3.8) is 0 Å². The van der Waals surface area contributed by atoms with E-state index in [1.165, 1.54) is 0 Å². The molecule has 0 heterocycles. The van der Waals surface area contributed by atoms with Crippen molar-refractivity contribution in [2.45, 2.75) is 13.8 Å². The van der Waals surface area contributed by atoms with Gasteiger partial charge in [0.05, 0.1) is 19.8 Å². The summed E-state index contributed by atoms with van der Waals surface area (Å²) in [5, 5.41) is 11.1. The molecule has 0 unspecified atom stereocenters. The monoisotopic (exact) mass is 306 g/mol. The molecule has 0 aromatic rings. The van der Waals surface area contributed by atoms with Crippen LogP contribution in [-0.4, -0.2) is 81.3 Å². The van der Waals surface area contributed by atoms with Crippen LogP contribution < -0.4 is 5.32 Å². The lowest BCUT2D eigenvalue weighted by Crippen LogP contribution is -2.44. The number of carbonyl (C=O) groups excluding carboxylic acids is 1. The summed E-state index contributed by atoms with van der Waals surface area (Å²) in [5.41, 5.74) is 0. The van der Waals surface area contributed by atoms with Crippen LogP contribution in [-0.2, 0) is 19.0 Å². The average molecular weight is 306 g/mol. The van der Waals surface area contributed by atoms with Crippen molar-refractivity contribution in [2.75, 3.05) is 59.3 Å². The third-order valence-corrected chi connectivity index (χ3v) is 2.45. The first kappa shape index (κ1) is 19.6. The van der Waals surface area contributed by atoms with Crippen LogP contribution in [0, 0.1) is 0 Å². The van der Waals surface area contributed by atoms with E-state index in [1.807, 2.05) is 13.8 Å². The van der Waals surface area contributed by atoms with E-state index < -0.39 is 5.97 Å². The van der Waals surface area contributed by atoms with Gasteiger partial charge in [0.1, 0.15) is 6.61 Å². The molecule has 0 saturated carbocycles. The molecule has 0 spiro atoms. The number of carboxylic acids is 1. The number of ether oxygens (including phenoxy) is 3. The lowest BCUT2D eigenvalue weighted by molar-refractivity contribution is -0.142. The van der Waals surface area contributed by atoms with Crippen molar-refractivity contribution in [3.05, 3.63) is 0 Å². The molecule has 0 aliphatic rings. The molecule has 124 valence electrons. The van der Waals surface area contributed by atoms with Gasteiger partial charge in [0.25, 0.3) is 0 Å². The fraction of sp³-hybridized carbons (Fsp3) is 0.846. The number of aliphatic carboxylic acids is 1. The van der Waals surface area contributed by atoms with Gasteiger partial charge >= 0.3 is 12.0 Å². The Labute approximate surface area is 125 Å². The van der Waals surface area contributed by atoms with Gasteiger partial charge in [0, 0.05) is 32.8 Å². The Kier molecular flexibility index (Phi) is 12.7. The van der Waals surface area contributed by atoms with Crippen LogP contribution in [0.3, 0.4) is 0 Å². The van der Waals surface area contributed by atoms with Gasteiger partial charge in [0.15, 0.2) is 0 Å². The van der Waals surface area contributed by atoms with Gasteiger partial charge in [-0.25, -0.2) is 9.59 Å². The minimum Gasteiger partial charge on any atom is -0.480 e. The lowest BCUT2D eigenvalue weighted by Gasteiger charge is -2.22. The summed E-state index contributed by atoms with van der Waals surface area (Å²) in [6.07, 6.45) is 0. The number of carboxylic acid groups (broad SMARTS) is 1. The molecule has 2 N–H and O–H groups in total. The second-order valence-corrected chi connectivity index (χ2v) is 4.06. The topological polar surface area (TPSA) is 97.3 Å². The second kappa shape index (κ2) is 13.6. The van der Waals surface area contributed by atoms with E-state index in [-0.39, 0.29) is 25.8 Å². The molecule has 0 aromatic carbocycles. The van der Waals surface area contributed by atoms with Gasteiger partial charge in [-0.3, -0.25) is 0 Å². The van der Waals surface area contributed by atoms with Crippen LogP contribution in [0.1, 0.15) is 13.8 Å². The fourth-order valence-corrected chi connectivity index (χ4v) is 1.45. The first-order valence-electron chi connectivity index (χ1n) is 7.09. The molecule has 0 aromatic heterocycles. The average Bonchev–Trinajstić information content (AvgIpc) is 2.45. The predicted molar refractivity (Wildman–Crippen MR) is 76.4 cm³/mol. The summed E-state index contributed by atoms with van der Waals surface area (Å²) in [7, 11) is 0. The number of hydrogen-bond acceptors (Lipinski definition) is 5. The maximum Gasteiger partial charge on any atom is 0.329 e. The molecule has 8 heteroatoms. The first-order chi connectivity index (χ1) is 10.1. The Bertz CT molecular complexity index is 278. The zero-order chi connectivity index (χ0) is 15.9. The summed E-state index contributed by atoms with van der Waals surface area (Å²) in [5.74, 6) is -1.03. The molecular formula is C13H26N2O6. The highest BCUT2D eigenvalue weighted by Crippen LogP contribution is 1.92. The number of carbonyl (C=O) groups is 2. The van der Waals surface area contributed by atoms with Crippen LogP contribution >= 0.6 is 0 Å². The molecule has 0 aliphatic heterocycles. The van der Waals surface area contributed by atoms with E-state index in [9.17, 15) is 9.59 Å². The molecule has 0 saturated heterocycles. The van der Waals surface area contributed by atoms with E-state index in [1.54, 1.807) is 4.90 Å². The summed E-state index contributed by atoms with van der Waals surface area (Å²) >= 11 is 0. The van der Waals surface area contributed by atoms with Gasteiger partial charge in [-0.15, -0.1) is 0 Å². The van der Waals surface area contributed by atoms with E-state index in [4.69, 9.17) is 19.3 Å². The third kappa shape index (κ3) is 12.1. The highest BCUT2D eigenvalue weighted by molar-refractivity contribution is 5.74. The number of nitrogens with one attached hydrogen (secondary N) is 1. The van der Waals surface area contributed by atoms with Crippen molar-refractivity contribution in [1.82, 2.24) is 10.2 Å². The Morgan fingerprint density at radius 3 is 2.05 bits per heavy atom. The number of rotatable bonds is 13. The van der Waals surface area contributed by atoms with E-state index in [2.05, 4.69) is 5.32 Å². The van der Waals surface area contributed by atoms with Crippen LogP contribution in [0.2, 0.25) is 0 Å². The molecule has 8 nitrogen and oxygen atoms in total. The molecule has 2 amide bonds. The highest BCUT2D eigenvalue weighted by Gasteiger charge is 2.12. The van der Waals surface area contributed by atoms with Gasteiger partial charge in [-0.05, 0) is 13.8 Å². The molecule has 0 atom stereocenters. The summed E-state index contributed by atoms with van der Waals surface area (Å²) in [6, 6.07) is -0.242. The molecule has 0 fully saturated rings. The zero-order valence-electron chi connectivity index (χ0n) is 12.8. The fourth-order valence-electron chi connectivity index (χ4n) is 1.45. The van der Waals surface area contributed by atoms with Gasteiger partial charge in [-0.2, -0.15) is 0 Å². The number of hydrogen-bond donors (Lipinski definition) is 2. The quantitative estimate of drug-likeness (QED) is 0.471. The van der Waals surface area contributed by atoms with E-state index in [0.717, 1.165) is 0 Å². The van der Waals surface area contributed by atoms with Gasteiger partial charge in [0.2, 0.25) is 0 Å². The Hall–Kier alpha value is -1.38. The standard InChI is InChI=1S/C13H26N2O6/c1-3-19-9-6-15(7-10-20-4-2)13(18)14-5-8-21-11-12(16)17/h3-11H2,1-2H3,(H,14,18)(H,16,17). The van der Waals surface area contributed by atoms with Crippen molar-refractivity contribution in [3.8, 4) is 0 Å². The SMILES string of the molecule is CCOCCN(CCOCC)C(=O)NCCOCC(=O)O. The minimum atomic E-state index is -1.03. The van der Waals surface area contributed by atoms with Crippen molar-refractivity contribution < 1.29 is 28.9 Å². The number of nitrogens with zero attached hydrogens (tertiary/aromatic N) is 1. The van der Waals surface area contributed by atoms with E-state index in [0.29, 0.717) is 39.5 Å². The van der Waals surface area contributed by atoms with Crippen molar-refractivity contribution in [2.24, 2.45) is 0 Å². The van der Waals surface area contributed by atoms with E-state index >= 15 is 0 Å². The smallest absolute Gasteiger partial charge is 0.329 e. The lowest BCUT2D eigenvalue weighted by atomic mass is 10.5. The predicted octanol–water partition coefficient (Wildman–Crippen LogP) is 0.172. The zero-order valence-corrected chi connectivity index (χ0v) is 12.8. The second-order valence-electron chi connectivity index (χ2n) is 4.06. The first-order valence-corrected chi connectivity index (χ1v) is 7.09. The highest BCUT2D eigenvalue weighted by atomic mass is 16.5. The third-order valence-electron chi connectivity index (χ3n) is 2.45. The number of urea groups is 1. The Balaban J connectivity index is 3.95. The van der Waals surface area contributed by atoms with Gasteiger partial charge < -0.3 is 29.5 Å². The Morgan fingerprint density at radius 1 is 1.00 bits per heavy atom. The molecule has 0 radical (unpaired) electrons. The van der Waals surface area contributed by atoms with Crippen LogP contribution in [0.25, 0.3) is 0 Å². The maximum atomic E-state index is 12.0. The van der Waals surface area contributed by atoms with Crippen molar-refractivity contribution >= 4 is 12.0 Å². The molecule has 0 bridgehead atoms. The summed E-state index contributed by atoms with van der Waals surface area (Å²) < 4.78 is 15.3. The summed E-state index contributed by atoms with van der Waals surface area (Å²) in [6.45, 7) is 6.91. The molecular weight excluding hydrogens is 280 g/mol. The normalized spacial score (nSPS) is 10.4. The largest absolute Gasteiger partial charge is 0.480 e. The van der Waals surface area contributed by atoms with Crippen LogP contribution in [0.5, 0.6) is 0 Å².